The van der Waals surface area contributed by atoms with Crippen LogP contribution in [0.3, 0.4) is 0 Å². The second-order valence-electron chi connectivity index (χ2n) is 0.667. The molecule has 3 nitrogen and oxygen atoms in total. The van der Waals surface area contributed by atoms with Gasteiger partial charge in [0.05, 0.1) is 0 Å². The summed E-state index contributed by atoms with van der Waals surface area (Å²) < 4.78 is 0. The standard InChI is InChI=1S/3CHNS.Ru/c3*2-1-3;/h3*3H;/q;;;+3/p-3. The zero-order valence-electron chi connectivity index (χ0n) is 4.42. The normalized spacial score (nSPS) is 8.70. The number of thiocyanates is 3. The van der Waals surface area contributed by atoms with E-state index in [1.165, 1.54) is 0 Å². The quantitative estimate of drug-likeness (QED) is 0.579. The fourth-order valence-electron chi connectivity index (χ4n) is 0.123. The van der Waals surface area contributed by atoms with Gasteiger partial charge in [-0.25, -0.2) is 0 Å². The molecular formula is C3N3RuS3. The Kier molecular flexibility index (Phi) is 7.36. The third-order valence-corrected chi connectivity index (χ3v) is 11.1. The van der Waals surface area contributed by atoms with Crippen LogP contribution in [0.2, 0.25) is 0 Å². The second-order valence-corrected chi connectivity index (χ2v) is 14.1. The summed E-state index contributed by atoms with van der Waals surface area (Å²) >= 11 is -1.61. The predicted octanol–water partition coefficient (Wildman–Crippen LogP) is 1.99. The maximum atomic E-state index is 8.19. The molecule has 0 aliphatic heterocycles. The molecule has 0 bridgehead atoms. The van der Waals surface area contributed by atoms with Gasteiger partial charge >= 0.3 is 73.5 Å². The first-order valence-electron chi connectivity index (χ1n) is 1.72. The van der Waals surface area contributed by atoms with Crippen LogP contribution >= 0.6 is 29.3 Å². The van der Waals surface area contributed by atoms with Crippen LogP contribution in [-0.4, -0.2) is 0 Å². The summed E-state index contributed by atoms with van der Waals surface area (Å²) in [7, 11) is 3.17. The first-order valence-corrected chi connectivity index (χ1v) is 10.2. The van der Waals surface area contributed by atoms with Crippen molar-refractivity contribution < 1.29 is 12.3 Å². The van der Waals surface area contributed by atoms with E-state index in [0.29, 0.717) is 0 Å². The van der Waals surface area contributed by atoms with E-state index in [2.05, 4.69) is 0 Å². The summed E-state index contributed by atoms with van der Waals surface area (Å²) in [5, 5.41) is 30.2. The van der Waals surface area contributed by atoms with Gasteiger partial charge < -0.3 is 0 Å². The van der Waals surface area contributed by atoms with Crippen molar-refractivity contribution in [3.8, 4) is 16.2 Å². The van der Waals surface area contributed by atoms with Gasteiger partial charge in [-0.15, -0.1) is 0 Å². The van der Waals surface area contributed by atoms with E-state index >= 15 is 0 Å². The maximum absolute atomic E-state index is 8.19. The van der Waals surface area contributed by atoms with Crippen LogP contribution in [0.1, 0.15) is 0 Å². The van der Waals surface area contributed by atoms with E-state index < -0.39 is 12.3 Å². The van der Waals surface area contributed by atoms with Crippen molar-refractivity contribution in [1.82, 2.24) is 0 Å². The van der Waals surface area contributed by atoms with Crippen LogP contribution in [0.25, 0.3) is 0 Å². The van der Waals surface area contributed by atoms with Crippen LogP contribution < -0.4 is 0 Å². The van der Waals surface area contributed by atoms with Crippen molar-refractivity contribution in [3.63, 3.8) is 0 Å². The van der Waals surface area contributed by atoms with Crippen molar-refractivity contribution in [3.05, 3.63) is 0 Å². The Morgan fingerprint density at radius 1 is 0.800 bits per heavy atom. The Morgan fingerprint density at radius 3 is 1.30 bits per heavy atom. The van der Waals surface area contributed by atoms with Crippen LogP contribution in [0, 0.1) is 32.0 Å². The minimum absolute atomic E-state index is 1.06. The first-order chi connectivity index (χ1) is 4.85. The van der Waals surface area contributed by atoms with Crippen LogP contribution in [0.4, 0.5) is 0 Å². The molecular weight excluding hydrogens is 275 g/mol. The molecule has 0 atom stereocenters. The summed E-state index contributed by atoms with van der Waals surface area (Å²) in [6, 6.07) is 0. The fraction of sp³-hybridized carbons (Fsp3) is 0. The molecule has 0 heterocycles. The van der Waals surface area contributed by atoms with Crippen molar-refractivity contribution in [1.29, 1.82) is 15.8 Å². The van der Waals surface area contributed by atoms with Crippen molar-refractivity contribution in [2.24, 2.45) is 0 Å². The molecule has 0 rings (SSSR count). The molecule has 0 aromatic rings. The molecule has 0 fully saturated rings. The first kappa shape index (κ1) is 10.1. The molecule has 0 saturated heterocycles. The minimum atomic E-state index is -1.61. The van der Waals surface area contributed by atoms with Crippen molar-refractivity contribution >= 4 is 29.3 Å². The summed E-state index contributed by atoms with van der Waals surface area (Å²) in [4.78, 5) is 0. The third kappa shape index (κ3) is 4.97. The molecule has 10 heavy (non-hydrogen) atoms. The molecule has 53 valence electrons. The molecule has 0 radical (unpaired) electrons. The van der Waals surface area contributed by atoms with Crippen LogP contribution in [0.5, 0.6) is 0 Å². The zero-order valence-corrected chi connectivity index (χ0v) is 8.61. The predicted molar refractivity (Wildman–Crippen MR) is 39.6 cm³/mol. The molecule has 0 aliphatic rings. The zero-order chi connectivity index (χ0) is 7.82. The van der Waals surface area contributed by atoms with Gasteiger partial charge in [-0.3, -0.25) is 0 Å². The molecule has 0 aromatic carbocycles. The summed E-state index contributed by atoms with van der Waals surface area (Å²) in [5.41, 5.74) is 0. The molecule has 7 heteroatoms. The third-order valence-electron chi connectivity index (χ3n) is 0.274. The van der Waals surface area contributed by atoms with Gasteiger partial charge in [0.2, 0.25) is 0 Å². The Bertz CT molecular complexity index is 172. The molecule has 0 aromatic heterocycles. The van der Waals surface area contributed by atoms with E-state index in [0.717, 1.165) is 29.3 Å². The Morgan fingerprint density at radius 2 is 1.10 bits per heavy atom. The number of hydrogen-bond acceptors (Lipinski definition) is 6. The average Bonchev–Trinajstić information content (AvgIpc) is 1.90. The molecule has 0 saturated carbocycles. The Labute approximate surface area is 73.2 Å². The number of nitrogens with zero attached hydrogens (tertiary/aromatic N) is 3. The monoisotopic (exact) mass is 276 g/mol. The summed E-state index contributed by atoms with van der Waals surface area (Å²) in [6.45, 7) is 0. The molecule has 0 N–H and O–H groups in total. The van der Waals surface area contributed by atoms with Gasteiger partial charge in [-0.1, -0.05) is 0 Å². The molecule has 0 aliphatic carbocycles. The number of hydrogen-bond donors (Lipinski definition) is 0. The van der Waals surface area contributed by atoms with Gasteiger partial charge in [0.15, 0.2) is 0 Å². The Hall–Kier alpha value is 0.143. The van der Waals surface area contributed by atoms with Gasteiger partial charge in [0, 0.05) is 0 Å². The van der Waals surface area contributed by atoms with Gasteiger partial charge in [0.25, 0.3) is 0 Å². The van der Waals surface area contributed by atoms with E-state index in [1.807, 2.05) is 16.2 Å². The topological polar surface area (TPSA) is 71.4 Å². The van der Waals surface area contributed by atoms with Crippen molar-refractivity contribution in [2.75, 3.05) is 0 Å². The summed E-state index contributed by atoms with van der Waals surface area (Å²) in [5.74, 6) is 0. The Balaban J connectivity index is 3.68. The summed E-state index contributed by atoms with van der Waals surface area (Å²) in [6.07, 6.45) is 0. The molecule has 0 unspecified atom stereocenters. The van der Waals surface area contributed by atoms with E-state index in [1.54, 1.807) is 0 Å². The molecule has 0 spiro atoms. The van der Waals surface area contributed by atoms with E-state index in [-0.39, 0.29) is 0 Å². The van der Waals surface area contributed by atoms with Gasteiger partial charge in [-0.2, -0.15) is 0 Å². The fourth-order valence-corrected chi connectivity index (χ4v) is 6.56. The van der Waals surface area contributed by atoms with Crippen LogP contribution in [-0.2, 0) is 12.3 Å². The van der Waals surface area contributed by atoms with E-state index in [9.17, 15) is 0 Å². The van der Waals surface area contributed by atoms with Crippen molar-refractivity contribution in [2.45, 2.75) is 0 Å². The molecule has 0 amide bonds. The van der Waals surface area contributed by atoms with E-state index in [4.69, 9.17) is 15.8 Å². The second kappa shape index (κ2) is 7.25. The average molecular weight is 275 g/mol. The SMILES string of the molecule is N#C[S][Ru]([S]C#N)[S]C#N. The van der Waals surface area contributed by atoms with Gasteiger partial charge in [-0.05, 0) is 0 Å². The number of nitriles is 3. The van der Waals surface area contributed by atoms with Crippen LogP contribution in [0.15, 0.2) is 0 Å². The number of rotatable bonds is 3. The van der Waals surface area contributed by atoms with Gasteiger partial charge in [0.1, 0.15) is 0 Å².